The zero-order chi connectivity index (χ0) is 17.7. The standard InChI is InChI=1S/C18H23F2N5/c19-15-5-3-14(4-6-15)18(21,25-10-8-22-9-11-25)7-1-2-17-23-12-16(20)13-24-17/h3-6,12-13,22H,1-2,7-11,21H2. The first-order valence-electron chi connectivity index (χ1n) is 8.55. The molecule has 1 aliphatic rings. The average Bonchev–Trinajstić information content (AvgIpc) is 2.64. The molecule has 7 heteroatoms. The van der Waals surface area contributed by atoms with Crippen LogP contribution in [0.4, 0.5) is 8.78 Å². The number of hydrogen-bond donors (Lipinski definition) is 2. The van der Waals surface area contributed by atoms with Gasteiger partial charge in [0, 0.05) is 32.6 Å². The van der Waals surface area contributed by atoms with E-state index in [1.807, 2.05) is 0 Å². The number of benzene rings is 1. The van der Waals surface area contributed by atoms with Crippen LogP contribution in [0.25, 0.3) is 0 Å². The molecule has 1 aromatic heterocycles. The van der Waals surface area contributed by atoms with Crippen LogP contribution in [0.15, 0.2) is 36.7 Å². The first kappa shape index (κ1) is 17.8. The molecule has 25 heavy (non-hydrogen) atoms. The van der Waals surface area contributed by atoms with Crippen molar-refractivity contribution >= 4 is 0 Å². The quantitative estimate of drug-likeness (QED) is 0.834. The lowest BCUT2D eigenvalue weighted by Gasteiger charge is -2.44. The zero-order valence-electron chi connectivity index (χ0n) is 14.1. The third-order valence-electron chi connectivity index (χ3n) is 4.66. The van der Waals surface area contributed by atoms with Crippen LogP contribution in [0.3, 0.4) is 0 Å². The van der Waals surface area contributed by atoms with E-state index >= 15 is 0 Å². The van der Waals surface area contributed by atoms with Gasteiger partial charge < -0.3 is 11.1 Å². The average molecular weight is 347 g/mol. The number of rotatable bonds is 6. The molecular weight excluding hydrogens is 324 g/mol. The molecule has 134 valence electrons. The van der Waals surface area contributed by atoms with Crippen molar-refractivity contribution in [3.05, 3.63) is 59.7 Å². The molecule has 1 aliphatic heterocycles. The van der Waals surface area contributed by atoms with Gasteiger partial charge in [0.25, 0.3) is 0 Å². The van der Waals surface area contributed by atoms with E-state index in [4.69, 9.17) is 5.73 Å². The lowest BCUT2D eigenvalue weighted by Crippen LogP contribution is -2.59. The maximum absolute atomic E-state index is 13.3. The minimum atomic E-state index is -0.671. The smallest absolute Gasteiger partial charge is 0.159 e. The van der Waals surface area contributed by atoms with Crippen molar-refractivity contribution in [3.63, 3.8) is 0 Å². The summed E-state index contributed by atoms with van der Waals surface area (Å²) in [6.45, 7) is 3.42. The number of hydrogen-bond acceptors (Lipinski definition) is 5. The number of nitrogens with two attached hydrogens (primary N) is 1. The summed E-state index contributed by atoms with van der Waals surface area (Å²) in [6, 6.07) is 6.40. The Kier molecular flexibility index (Phi) is 5.67. The third kappa shape index (κ3) is 4.36. The molecule has 0 radical (unpaired) electrons. The monoisotopic (exact) mass is 347 g/mol. The van der Waals surface area contributed by atoms with Crippen molar-refractivity contribution in [2.45, 2.75) is 24.9 Å². The Balaban J connectivity index is 1.73. The fraction of sp³-hybridized carbons (Fsp3) is 0.444. The van der Waals surface area contributed by atoms with Gasteiger partial charge in [0.2, 0.25) is 0 Å². The summed E-state index contributed by atoms with van der Waals surface area (Å²) < 4.78 is 26.2. The van der Waals surface area contributed by atoms with Crippen molar-refractivity contribution < 1.29 is 8.78 Å². The Morgan fingerprint density at radius 3 is 2.32 bits per heavy atom. The Morgan fingerprint density at radius 1 is 1.04 bits per heavy atom. The molecule has 0 bridgehead atoms. The van der Waals surface area contributed by atoms with Gasteiger partial charge in [-0.3, -0.25) is 4.90 Å². The summed E-state index contributed by atoms with van der Waals surface area (Å²) in [5.41, 5.74) is 7.04. The molecule has 1 fully saturated rings. The second kappa shape index (κ2) is 7.95. The predicted molar refractivity (Wildman–Crippen MR) is 91.6 cm³/mol. The Morgan fingerprint density at radius 2 is 1.68 bits per heavy atom. The van der Waals surface area contributed by atoms with Gasteiger partial charge in [-0.15, -0.1) is 0 Å². The van der Waals surface area contributed by atoms with E-state index in [2.05, 4.69) is 20.2 Å². The number of piperazine rings is 1. The fourth-order valence-electron chi connectivity index (χ4n) is 3.27. The highest BCUT2D eigenvalue weighted by Crippen LogP contribution is 2.29. The van der Waals surface area contributed by atoms with Gasteiger partial charge in [-0.25, -0.2) is 18.7 Å². The molecule has 0 spiro atoms. The molecule has 1 aromatic carbocycles. The van der Waals surface area contributed by atoms with Crippen molar-refractivity contribution in [1.82, 2.24) is 20.2 Å². The Bertz CT molecular complexity index is 671. The molecule has 0 saturated carbocycles. The predicted octanol–water partition coefficient (Wildman–Crippen LogP) is 1.79. The summed E-state index contributed by atoms with van der Waals surface area (Å²) in [7, 11) is 0. The van der Waals surface area contributed by atoms with Gasteiger partial charge in [-0.1, -0.05) is 12.1 Å². The van der Waals surface area contributed by atoms with E-state index in [1.165, 1.54) is 24.5 Å². The lowest BCUT2D eigenvalue weighted by molar-refractivity contribution is 0.0652. The molecule has 2 heterocycles. The van der Waals surface area contributed by atoms with Crippen LogP contribution in [0.1, 0.15) is 24.2 Å². The Labute approximate surface area is 146 Å². The van der Waals surface area contributed by atoms with E-state index < -0.39 is 11.5 Å². The summed E-state index contributed by atoms with van der Waals surface area (Å²) in [6.07, 6.45) is 4.40. The van der Waals surface area contributed by atoms with Crippen LogP contribution >= 0.6 is 0 Å². The summed E-state index contributed by atoms with van der Waals surface area (Å²) in [4.78, 5) is 10.2. The van der Waals surface area contributed by atoms with Crippen LogP contribution in [-0.2, 0) is 12.1 Å². The van der Waals surface area contributed by atoms with Gasteiger partial charge in [0.1, 0.15) is 11.6 Å². The molecule has 0 amide bonds. The molecule has 1 atom stereocenters. The summed E-state index contributed by atoms with van der Waals surface area (Å²) >= 11 is 0. The van der Waals surface area contributed by atoms with E-state index in [0.29, 0.717) is 18.7 Å². The number of aryl methyl sites for hydroxylation is 1. The van der Waals surface area contributed by atoms with E-state index in [0.717, 1.165) is 38.2 Å². The first-order chi connectivity index (χ1) is 12.1. The van der Waals surface area contributed by atoms with E-state index in [9.17, 15) is 8.78 Å². The van der Waals surface area contributed by atoms with Crippen LogP contribution in [0, 0.1) is 11.6 Å². The fourth-order valence-corrected chi connectivity index (χ4v) is 3.27. The van der Waals surface area contributed by atoms with Gasteiger partial charge in [-0.05, 0) is 30.5 Å². The van der Waals surface area contributed by atoms with Crippen molar-refractivity contribution in [2.75, 3.05) is 26.2 Å². The maximum Gasteiger partial charge on any atom is 0.159 e. The number of halogens is 2. The molecule has 1 saturated heterocycles. The summed E-state index contributed by atoms with van der Waals surface area (Å²) in [5, 5.41) is 3.32. The normalized spacial score (nSPS) is 18.0. The number of nitrogens with one attached hydrogen (secondary N) is 1. The Hall–Kier alpha value is -1.96. The highest BCUT2D eigenvalue weighted by molar-refractivity contribution is 5.24. The molecule has 3 rings (SSSR count). The summed E-state index contributed by atoms with van der Waals surface area (Å²) in [5.74, 6) is -0.113. The van der Waals surface area contributed by atoms with Crippen LogP contribution in [-0.4, -0.2) is 41.0 Å². The number of nitrogens with zero attached hydrogens (tertiary/aromatic N) is 3. The topological polar surface area (TPSA) is 67.1 Å². The minimum absolute atomic E-state index is 0.272. The van der Waals surface area contributed by atoms with Crippen molar-refractivity contribution in [2.24, 2.45) is 5.73 Å². The second-order valence-electron chi connectivity index (χ2n) is 6.34. The molecule has 1 unspecified atom stereocenters. The molecular formula is C18H23F2N5. The van der Waals surface area contributed by atoms with Gasteiger partial charge >= 0.3 is 0 Å². The highest BCUT2D eigenvalue weighted by atomic mass is 19.1. The minimum Gasteiger partial charge on any atom is -0.314 e. The van der Waals surface area contributed by atoms with Crippen molar-refractivity contribution in [1.29, 1.82) is 0 Å². The zero-order valence-corrected chi connectivity index (χ0v) is 14.1. The van der Waals surface area contributed by atoms with Gasteiger partial charge in [0.05, 0.1) is 18.1 Å². The first-order valence-corrected chi connectivity index (χ1v) is 8.55. The lowest BCUT2D eigenvalue weighted by atomic mass is 9.91. The van der Waals surface area contributed by atoms with Gasteiger partial charge in [0.15, 0.2) is 5.82 Å². The SMILES string of the molecule is NC(CCCc1ncc(F)cn1)(c1ccc(F)cc1)N1CCNCC1. The molecule has 2 aromatic rings. The molecule has 5 nitrogen and oxygen atoms in total. The van der Waals surface area contributed by atoms with Crippen molar-refractivity contribution in [3.8, 4) is 0 Å². The van der Waals surface area contributed by atoms with E-state index in [-0.39, 0.29) is 5.82 Å². The second-order valence-corrected chi connectivity index (χ2v) is 6.34. The molecule has 3 N–H and O–H groups in total. The van der Waals surface area contributed by atoms with Crippen LogP contribution < -0.4 is 11.1 Å². The largest absolute Gasteiger partial charge is 0.314 e. The molecule has 0 aliphatic carbocycles. The van der Waals surface area contributed by atoms with Crippen LogP contribution in [0.5, 0.6) is 0 Å². The maximum atomic E-state index is 13.3. The van der Waals surface area contributed by atoms with E-state index in [1.54, 1.807) is 12.1 Å². The van der Waals surface area contributed by atoms with Gasteiger partial charge in [-0.2, -0.15) is 0 Å². The number of aromatic nitrogens is 2. The highest BCUT2D eigenvalue weighted by Gasteiger charge is 2.34. The van der Waals surface area contributed by atoms with Crippen LogP contribution in [0.2, 0.25) is 0 Å². The third-order valence-corrected chi connectivity index (χ3v) is 4.66.